The number of hydrogen-bond acceptors (Lipinski definition) is 3. The summed E-state index contributed by atoms with van der Waals surface area (Å²) in [5, 5.41) is 3.31. The van der Waals surface area contributed by atoms with E-state index in [1.807, 2.05) is 30.3 Å². The van der Waals surface area contributed by atoms with E-state index in [1.165, 1.54) is 27.9 Å². The lowest BCUT2D eigenvalue weighted by atomic mass is 9.73. The Morgan fingerprint density at radius 3 is 2.13 bits per heavy atom. The average Bonchev–Trinajstić information content (AvgIpc) is 3.66. The van der Waals surface area contributed by atoms with Crippen molar-refractivity contribution >= 4 is 43.9 Å². The standard InChI is InChI=1S/C43H29N3O/c1-43(2)33-21-11-19-29(38(33)46-39-32(20-12-22-34(39)43)41-40(46)31-18-7-9-24-36(31)47-41)27-15-10-16-28(25-27)37-30-17-6-8-23-35(30)44-42(45-37)26-13-4-3-5-14-26/h3-25H,1-2H3. The van der Waals surface area contributed by atoms with Gasteiger partial charge < -0.3 is 8.98 Å². The lowest BCUT2D eigenvalue weighted by Gasteiger charge is -2.36. The minimum atomic E-state index is -0.211. The van der Waals surface area contributed by atoms with Gasteiger partial charge in [-0.1, -0.05) is 123 Å². The summed E-state index contributed by atoms with van der Waals surface area (Å²) in [5.74, 6) is 0.726. The SMILES string of the molecule is CC1(C)c2cccc(-c3cccc(-c4nc(-c5ccccc5)nc5ccccc45)c3)c2-n2c3c1cccc3c1oc3ccccc3c12. The first-order valence-electron chi connectivity index (χ1n) is 16.1. The molecule has 0 unspecified atom stereocenters. The van der Waals surface area contributed by atoms with E-state index < -0.39 is 0 Å². The number of benzene rings is 6. The fourth-order valence-electron chi connectivity index (χ4n) is 7.76. The Morgan fingerprint density at radius 2 is 1.23 bits per heavy atom. The largest absolute Gasteiger partial charge is 0.454 e. The van der Waals surface area contributed by atoms with Crippen molar-refractivity contribution in [2.45, 2.75) is 19.3 Å². The summed E-state index contributed by atoms with van der Waals surface area (Å²) in [6, 6.07) is 49.1. The molecule has 1 aliphatic heterocycles. The Morgan fingerprint density at radius 1 is 0.553 bits per heavy atom. The number of para-hydroxylation sites is 4. The van der Waals surface area contributed by atoms with Gasteiger partial charge in [0.1, 0.15) is 11.1 Å². The molecular formula is C43H29N3O. The number of aromatic nitrogens is 3. The Balaban J connectivity index is 1.26. The topological polar surface area (TPSA) is 43.9 Å². The molecule has 0 radical (unpaired) electrons. The van der Waals surface area contributed by atoms with Crippen LogP contribution < -0.4 is 0 Å². The zero-order chi connectivity index (χ0) is 31.3. The van der Waals surface area contributed by atoms with E-state index in [4.69, 9.17) is 14.4 Å². The molecule has 10 rings (SSSR count). The molecule has 47 heavy (non-hydrogen) atoms. The second-order valence-corrected chi connectivity index (χ2v) is 13.0. The summed E-state index contributed by atoms with van der Waals surface area (Å²) in [7, 11) is 0. The van der Waals surface area contributed by atoms with Gasteiger partial charge in [-0.3, -0.25) is 0 Å². The van der Waals surface area contributed by atoms with Crippen LogP contribution in [0.4, 0.5) is 0 Å². The van der Waals surface area contributed by atoms with Crippen LogP contribution in [0.25, 0.3) is 83.3 Å². The molecule has 4 nitrogen and oxygen atoms in total. The first-order valence-corrected chi connectivity index (χ1v) is 16.1. The monoisotopic (exact) mass is 603 g/mol. The van der Waals surface area contributed by atoms with Gasteiger partial charge in [-0.25, -0.2) is 9.97 Å². The van der Waals surface area contributed by atoms with Gasteiger partial charge in [-0.2, -0.15) is 0 Å². The maximum atomic E-state index is 6.59. The van der Waals surface area contributed by atoms with Crippen molar-refractivity contribution < 1.29 is 4.42 Å². The van der Waals surface area contributed by atoms with Gasteiger partial charge in [0.05, 0.1) is 22.4 Å². The maximum absolute atomic E-state index is 6.59. The highest BCUT2D eigenvalue weighted by atomic mass is 16.3. The summed E-state index contributed by atoms with van der Waals surface area (Å²) in [6.07, 6.45) is 0. The summed E-state index contributed by atoms with van der Waals surface area (Å²) in [5.41, 5.74) is 14.0. The van der Waals surface area contributed by atoms with Crippen molar-refractivity contribution in [2.75, 3.05) is 0 Å². The number of hydrogen-bond donors (Lipinski definition) is 0. The molecule has 222 valence electrons. The zero-order valence-corrected chi connectivity index (χ0v) is 26.0. The van der Waals surface area contributed by atoms with Crippen LogP contribution in [0.3, 0.4) is 0 Å². The highest BCUT2D eigenvalue weighted by Gasteiger charge is 2.37. The van der Waals surface area contributed by atoms with E-state index in [1.54, 1.807) is 0 Å². The van der Waals surface area contributed by atoms with Gasteiger partial charge in [0.2, 0.25) is 0 Å². The van der Waals surface area contributed by atoms with Gasteiger partial charge in [0, 0.05) is 38.3 Å². The third kappa shape index (κ3) is 3.64. The molecule has 3 aromatic heterocycles. The molecule has 0 spiro atoms. The van der Waals surface area contributed by atoms with E-state index in [9.17, 15) is 0 Å². The van der Waals surface area contributed by atoms with Crippen LogP contribution in [-0.2, 0) is 5.41 Å². The second-order valence-electron chi connectivity index (χ2n) is 13.0. The highest BCUT2D eigenvalue weighted by Crippen LogP contribution is 2.51. The highest BCUT2D eigenvalue weighted by molar-refractivity contribution is 6.18. The minimum Gasteiger partial charge on any atom is -0.454 e. The molecule has 1 aliphatic rings. The Labute approximate surface area is 271 Å². The molecule has 0 saturated carbocycles. The van der Waals surface area contributed by atoms with Crippen LogP contribution in [0.2, 0.25) is 0 Å². The van der Waals surface area contributed by atoms with Gasteiger partial charge in [-0.15, -0.1) is 0 Å². The van der Waals surface area contributed by atoms with E-state index in [-0.39, 0.29) is 5.41 Å². The lowest BCUT2D eigenvalue weighted by molar-refractivity contribution is 0.631. The molecule has 0 bridgehead atoms. The molecule has 9 aromatic rings. The van der Waals surface area contributed by atoms with Crippen molar-refractivity contribution in [2.24, 2.45) is 0 Å². The molecule has 0 aliphatic carbocycles. The van der Waals surface area contributed by atoms with Gasteiger partial charge in [0.25, 0.3) is 0 Å². The lowest BCUT2D eigenvalue weighted by Crippen LogP contribution is -2.26. The fourth-order valence-corrected chi connectivity index (χ4v) is 7.76. The van der Waals surface area contributed by atoms with Crippen LogP contribution in [0.15, 0.2) is 144 Å². The number of nitrogens with zero attached hydrogens (tertiary/aromatic N) is 3. The summed E-state index contributed by atoms with van der Waals surface area (Å²) in [4.78, 5) is 10.1. The Hall–Kier alpha value is -6.00. The molecule has 6 aromatic carbocycles. The van der Waals surface area contributed by atoms with Crippen molar-refractivity contribution in [1.29, 1.82) is 0 Å². The van der Waals surface area contributed by atoms with Crippen LogP contribution >= 0.6 is 0 Å². The summed E-state index contributed by atoms with van der Waals surface area (Å²) < 4.78 is 9.06. The zero-order valence-electron chi connectivity index (χ0n) is 26.0. The predicted molar refractivity (Wildman–Crippen MR) is 192 cm³/mol. The van der Waals surface area contributed by atoms with E-state index in [2.05, 4.69) is 128 Å². The predicted octanol–water partition coefficient (Wildman–Crippen LogP) is 11.1. The molecule has 0 amide bonds. The van der Waals surface area contributed by atoms with Crippen LogP contribution in [0, 0.1) is 0 Å². The van der Waals surface area contributed by atoms with E-state index >= 15 is 0 Å². The second kappa shape index (κ2) is 9.51. The smallest absolute Gasteiger partial charge is 0.161 e. The van der Waals surface area contributed by atoms with Gasteiger partial charge in [-0.05, 0) is 47.0 Å². The quantitative estimate of drug-likeness (QED) is 0.202. The molecule has 0 fully saturated rings. The Kier molecular flexibility index (Phi) is 5.31. The molecular weight excluding hydrogens is 574 g/mol. The number of rotatable bonds is 3. The van der Waals surface area contributed by atoms with Crippen molar-refractivity contribution in [3.63, 3.8) is 0 Å². The molecule has 4 heteroatoms. The third-order valence-electron chi connectivity index (χ3n) is 9.99. The van der Waals surface area contributed by atoms with Crippen LogP contribution in [0.5, 0.6) is 0 Å². The minimum absolute atomic E-state index is 0.211. The maximum Gasteiger partial charge on any atom is 0.161 e. The molecule has 0 saturated heterocycles. The van der Waals surface area contributed by atoms with E-state index in [0.717, 1.165) is 66.6 Å². The third-order valence-corrected chi connectivity index (χ3v) is 9.99. The average molecular weight is 604 g/mol. The van der Waals surface area contributed by atoms with Crippen molar-refractivity contribution in [3.05, 3.63) is 151 Å². The van der Waals surface area contributed by atoms with Gasteiger partial charge in [0.15, 0.2) is 11.4 Å². The number of furan rings is 1. The fraction of sp³-hybridized carbons (Fsp3) is 0.0698. The molecule has 4 heterocycles. The first-order chi connectivity index (χ1) is 23.1. The van der Waals surface area contributed by atoms with Crippen LogP contribution in [-0.4, -0.2) is 14.5 Å². The molecule has 0 atom stereocenters. The molecule has 0 N–H and O–H groups in total. The Bertz CT molecular complexity index is 2710. The van der Waals surface area contributed by atoms with Crippen molar-refractivity contribution in [1.82, 2.24) is 14.5 Å². The summed E-state index contributed by atoms with van der Waals surface area (Å²) in [6.45, 7) is 4.69. The normalized spacial score (nSPS) is 13.5. The van der Waals surface area contributed by atoms with E-state index in [0.29, 0.717) is 0 Å². The summed E-state index contributed by atoms with van der Waals surface area (Å²) >= 11 is 0. The van der Waals surface area contributed by atoms with Gasteiger partial charge >= 0.3 is 0 Å². The number of fused-ring (bicyclic) bond motifs is 8. The first kappa shape index (κ1) is 26.2. The van der Waals surface area contributed by atoms with Crippen LogP contribution in [0.1, 0.15) is 25.0 Å². The van der Waals surface area contributed by atoms with Crippen molar-refractivity contribution in [3.8, 4) is 39.5 Å².